The number of hydrogen-bond acceptors (Lipinski definition) is 5. The van der Waals surface area contributed by atoms with Gasteiger partial charge in [-0.25, -0.2) is 0 Å². The van der Waals surface area contributed by atoms with Crippen molar-refractivity contribution in [2.24, 2.45) is 0 Å². The Balaban J connectivity index is 0.000000346. The number of fused-ring (bicyclic) bond motifs is 5. The Morgan fingerprint density at radius 2 is 1.15 bits per heavy atom. The number of aromatic nitrogens is 2. The maximum atomic E-state index is 8.01. The molecule has 0 saturated carbocycles. The Bertz CT molecular complexity index is 1770. The molecule has 0 unspecified atom stereocenters. The molecule has 188 valence electrons. The normalized spacial score (nSPS) is 10.9. The number of hydrogen-bond donors (Lipinski definition) is 0. The van der Waals surface area contributed by atoms with E-state index in [1.807, 2.05) is 24.5 Å². The van der Waals surface area contributed by atoms with Gasteiger partial charge in [0.2, 0.25) is 0 Å². The molecule has 4 nitrogen and oxygen atoms in total. The van der Waals surface area contributed by atoms with E-state index in [1.165, 1.54) is 22.3 Å². The Labute approximate surface area is 251 Å². The number of pyridine rings is 2. The first-order valence-corrected chi connectivity index (χ1v) is 12.5. The quantitative estimate of drug-likeness (QED) is 0.0788. The fraction of sp³-hybridized carbons (Fsp3) is 0. The molecule has 0 atom stereocenters. The third-order valence-corrected chi connectivity index (χ3v) is 6.88. The van der Waals surface area contributed by atoms with Crippen molar-refractivity contribution in [1.82, 2.24) is 9.97 Å². The molecule has 0 aliphatic carbocycles. The minimum Gasteiger partial charge on any atom is -0.812 e. The van der Waals surface area contributed by atoms with Gasteiger partial charge in [-0.3, -0.25) is 14.8 Å². The van der Waals surface area contributed by atoms with Gasteiger partial charge in [0, 0.05) is 33.6 Å². The molecular formula is C32H18N4PtS2. The molecule has 2 heterocycles. The summed E-state index contributed by atoms with van der Waals surface area (Å²) in [5.74, 6) is 0. The zero-order valence-corrected chi connectivity index (χ0v) is 24.2. The van der Waals surface area contributed by atoms with Crippen LogP contribution in [0.25, 0.3) is 59.7 Å². The van der Waals surface area contributed by atoms with E-state index in [0.717, 1.165) is 32.6 Å². The van der Waals surface area contributed by atoms with Crippen molar-refractivity contribution in [1.29, 1.82) is 5.26 Å². The summed E-state index contributed by atoms with van der Waals surface area (Å²) in [6.45, 7) is 6.29. The number of benzene rings is 4. The molecule has 0 spiro atoms. The van der Waals surface area contributed by atoms with Crippen molar-refractivity contribution in [2.45, 2.75) is 0 Å². The van der Waals surface area contributed by atoms with E-state index in [-0.39, 0.29) is 31.0 Å². The summed E-state index contributed by atoms with van der Waals surface area (Å²) in [5, 5.41) is 12.5. The van der Waals surface area contributed by atoms with Crippen LogP contribution < -0.4 is 0 Å². The van der Waals surface area contributed by atoms with E-state index in [2.05, 4.69) is 115 Å². The monoisotopic (exact) mass is 717 g/mol. The van der Waals surface area contributed by atoms with Crippen LogP contribution in [0.15, 0.2) is 119 Å². The van der Waals surface area contributed by atoms with Gasteiger partial charge >= 0.3 is 21.1 Å². The second-order valence-corrected chi connectivity index (χ2v) is 9.12. The molecular weight excluding hydrogens is 700 g/mol. The van der Waals surface area contributed by atoms with E-state index in [9.17, 15) is 0 Å². The van der Waals surface area contributed by atoms with Crippen LogP contribution in [0.2, 0.25) is 0 Å². The molecule has 0 aliphatic heterocycles. The summed E-state index contributed by atoms with van der Waals surface area (Å²) in [6.07, 6.45) is 3.81. The van der Waals surface area contributed by atoms with Crippen molar-refractivity contribution < 1.29 is 21.1 Å². The molecule has 0 fully saturated rings. The SMILES string of the molecule is [C-]#[N+]/C([S-])=C(/[S-])C#N.[Pt+2].c1ccc(-c2ccnc3c2ccc2ccc4c(-c5ccccc5)ccnc4c23)cc1. The first-order valence-electron chi connectivity index (χ1n) is 11.7. The number of rotatable bonds is 2. The summed E-state index contributed by atoms with van der Waals surface area (Å²) in [4.78, 5) is 12.3. The molecule has 4 aromatic carbocycles. The van der Waals surface area contributed by atoms with Crippen LogP contribution in [-0.4, -0.2) is 9.97 Å². The van der Waals surface area contributed by atoms with Crippen LogP contribution in [0.1, 0.15) is 0 Å². The molecule has 39 heavy (non-hydrogen) atoms. The summed E-state index contributed by atoms with van der Waals surface area (Å²) in [5.41, 5.74) is 6.77. The molecule has 2 aromatic heterocycles. The molecule has 7 heteroatoms. The minimum atomic E-state index is -0.123. The molecule has 0 bridgehead atoms. The Morgan fingerprint density at radius 1 is 0.692 bits per heavy atom. The van der Waals surface area contributed by atoms with Crippen LogP contribution >= 0.6 is 0 Å². The van der Waals surface area contributed by atoms with Gasteiger partial charge in [0.1, 0.15) is 0 Å². The average molecular weight is 718 g/mol. The van der Waals surface area contributed by atoms with Crippen LogP contribution in [0.3, 0.4) is 0 Å². The van der Waals surface area contributed by atoms with Crippen LogP contribution in [0.4, 0.5) is 0 Å². The summed E-state index contributed by atoms with van der Waals surface area (Å²) >= 11 is 8.72. The molecule has 6 rings (SSSR count). The number of nitriles is 1. The van der Waals surface area contributed by atoms with E-state index < -0.39 is 0 Å². The van der Waals surface area contributed by atoms with Crippen molar-refractivity contribution in [2.75, 3.05) is 0 Å². The topological polar surface area (TPSA) is 53.9 Å². The molecule has 0 amide bonds. The summed E-state index contributed by atoms with van der Waals surface area (Å²) < 4.78 is 0. The second-order valence-electron chi connectivity index (χ2n) is 8.33. The molecule has 0 N–H and O–H groups in total. The first-order chi connectivity index (χ1) is 18.6. The van der Waals surface area contributed by atoms with E-state index in [0.29, 0.717) is 0 Å². The van der Waals surface area contributed by atoms with Gasteiger partial charge < -0.3 is 25.3 Å². The summed E-state index contributed by atoms with van der Waals surface area (Å²) in [7, 11) is 0. The third-order valence-electron chi connectivity index (χ3n) is 6.17. The Kier molecular flexibility index (Phi) is 8.97. The number of nitrogens with zero attached hydrogens (tertiary/aromatic N) is 4. The van der Waals surface area contributed by atoms with Crippen molar-refractivity contribution in [3.63, 3.8) is 0 Å². The van der Waals surface area contributed by atoms with Crippen LogP contribution in [0.5, 0.6) is 0 Å². The van der Waals surface area contributed by atoms with Gasteiger partial charge in [-0.2, -0.15) is 5.26 Å². The van der Waals surface area contributed by atoms with Gasteiger partial charge in [0.15, 0.2) is 0 Å². The second kappa shape index (κ2) is 12.6. The Morgan fingerprint density at radius 3 is 1.54 bits per heavy atom. The zero-order valence-electron chi connectivity index (χ0n) is 20.3. The average Bonchev–Trinajstić information content (AvgIpc) is 3.00. The van der Waals surface area contributed by atoms with Gasteiger partial charge in [0.25, 0.3) is 0 Å². The van der Waals surface area contributed by atoms with Crippen LogP contribution in [-0.2, 0) is 46.3 Å². The van der Waals surface area contributed by atoms with Gasteiger partial charge in [-0.1, -0.05) is 84.9 Å². The third kappa shape index (κ3) is 5.65. The summed E-state index contributed by atoms with van der Waals surface area (Å²) in [6, 6.07) is 35.5. The van der Waals surface area contributed by atoms with E-state index in [1.54, 1.807) is 6.07 Å². The van der Waals surface area contributed by atoms with Gasteiger partial charge in [0.05, 0.1) is 23.7 Å². The molecule has 0 radical (unpaired) electrons. The van der Waals surface area contributed by atoms with E-state index in [4.69, 9.17) is 21.8 Å². The Hall–Kier alpha value is -4.19. The van der Waals surface area contributed by atoms with Crippen molar-refractivity contribution in [3.8, 4) is 28.3 Å². The standard InChI is InChI=1S/C28H18N2.C4H2N2S2.Pt/c1-3-7-19(8-4-1)22-15-17-29-27-24(22)13-11-21-12-14-25-23(20-9-5-2-6-10-20)16-18-30-28(25)26(21)27;1-6-4(8)3(7)2-5;/h1-18H;7-8H;/q;;+2/p-2/b;4-3-;. The maximum Gasteiger partial charge on any atom is 2.00 e. The van der Waals surface area contributed by atoms with Crippen LogP contribution in [0, 0.1) is 17.9 Å². The first kappa shape index (κ1) is 27.8. The maximum absolute atomic E-state index is 8.01. The molecule has 0 saturated heterocycles. The predicted octanol–water partition coefficient (Wildman–Crippen LogP) is 7.96. The van der Waals surface area contributed by atoms with E-state index >= 15 is 0 Å². The molecule has 6 aromatic rings. The number of allylic oxidation sites excluding steroid dienone is 1. The van der Waals surface area contributed by atoms with Gasteiger partial charge in [-0.15, -0.1) is 4.91 Å². The smallest absolute Gasteiger partial charge is 0.812 e. The largest absolute Gasteiger partial charge is 2.00 e. The fourth-order valence-corrected chi connectivity index (χ4v) is 4.57. The predicted molar refractivity (Wildman–Crippen MR) is 159 cm³/mol. The molecule has 0 aliphatic rings. The minimum absolute atomic E-state index is 0. The van der Waals surface area contributed by atoms with Crippen molar-refractivity contribution in [3.05, 3.63) is 131 Å². The fourth-order valence-electron chi connectivity index (χ4n) is 4.47. The van der Waals surface area contributed by atoms with Crippen molar-refractivity contribution >= 4 is 57.8 Å². The van der Waals surface area contributed by atoms with Gasteiger partial charge in [-0.05, 0) is 39.8 Å². The zero-order chi connectivity index (χ0) is 26.5.